The molecule has 10 nitrogen and oxygen atoms in total. The Morgan fingerprint density at radius 1 is 1.03 bits per heavy atom. The maximum absolute atomic E-state index is 12.5. The molecular formula is C21H25ClN6O4S2. The number of anilines is 1. The Labute approximate surface area is 208 Å². The van der Waals surface area contributed by atoms with Crippen molar-refractivity contribution in [2.75, 3.05) is 30.7 Å². The molecule has 2 aromatic heterocycles. The molecule has 0 unspecified atom stereocenters. The van der Waals surface area contributed by atoms with Crippen molar-refractivity contribution in [2.24, 2.45) is 0 Å². The van der Waals surface area contributed by atoms with Gasteiger partial charge in [0.05, 0.1) is 5.56 Å². The summed E-state index contributed by atoms with van der Waals surface area (Å²) in [6.45, 7) is 2.56. The van der Waals surface area contributed by atoms with E-state index in [1.807, 2.05) is 13.2 Å². The standard InChI is InChI=1S/C21H25ClN6O4S2/c1-3-4-9-27-34(29,30)28-19-18(15-5-7-16(22)8-6-15)20(26-14-25-19)31-10-11-32-21-23-12-17(33-2)13-24-21/h5-8,12-14,27H,3-4,9-11H2,1-2H3,(H,25,26,28). The lowest BCUT2D eigenvalue weighted by Gasteiger charge is -2.16. The fraction of sp³-hybridized carbons (Fsp3) is 0.333. The van der Waals surface area contributed by atoms with E-state index in [-0.39, 0.29) is 30.9 Å². The molecule has 2 heterocycles. The van der Waals surface area contributed by atoms with E-state index in [4.69, 9.17) is 21.1 Å². The molecule has 0 saturated heterocycles. The van der Waals surface area contributed by atoms with Crippen LogP contribution in [0.2, 0.25) is 5.02 Å². The van der Waals surface area contributed by atoms with Crippen LogP contribution >= 0.6 is 23.4 Å². The van der Waals surface area contributed by atoms with Crippen molar-refractivity contribution in [1.82, 2.24) is 24.7 Å². The molecule has 34 heavy (non-hydrogen) atoms. The number of nitrogens with zero attached hydrogens (tertiary/aromatic N) is 4. The summed E-state index contributed by atoms with van der Waals surface area (Å²) >= 11 is 7.56. The number of nitrogens with one attached hydrogen (secondary N) is 2. The summed E-state index contributed by atoms with van der Waals surface area (Å²) in [5, 5.41) is 0.535. The van der Waals surface area contributed by atoms with Crippen molar-refractivity contribution in [3.63, 3.8) is 0 Å². The first-order chi connectivity index (χ1) is 16.4. The minimum atomic E-state index is -3.84. The average molecular weight is 525 g/mol. The summed E-state index contributed by atoms with van der Waals surface area (Å²) in [6.07, 6.45) is 8.08. The zero-order valence-electron chi connectivity index (χ0n) is 18.7. The molecule has 0 saturated carbocycles. The second kappa shape index (κ2) is 12.7. The van der Waals surface area contributed by atoms with Crippen LogP contribution in [-0.4, -0.2) is 54.4 Å². The summed E-state index contributed by atoms with van der Waals surface area (Å²) in [5.41, 5.74) is 1.00. The number of thioether (sulfide) groups is 1. The van der Waals surface area contributed by atoms with E-state index < -0.39 is 10.2 Å². The van der Waals surface area contributed by atoms with E-state index >= 15 is 0 Å². The lowest BCUT2D eigenvalue weighted by atomic mass is 10.1. The van der Waals surface area contributed by atoms with Gasteiger partial charge in [0.2, 0.25) is 5.88 Å². The quantitative estimate of drug-likeness (QED) is 0.253. The van der Waals surface area contributed by atoms with Gasteiger partial charge in [-0.3, -0.25) is 4.72 Å². The van der Waals surface area contributed by atoms with Crippen LogP contribution < -0.4 is 18.9 Å². The third-order valence-corrected chi connectivity index (χ3v) is 6.37. The van der Waals surface area contributed by atoms with Crippen molar-refractivity contribution in [2.45, 2.75) is 24.7 Å². The Morgan fingerprint density at radius 2 is 1.74 bits per heavy atom. The molecule has 0 amide bonds. The molecule has 0 aliphatic rings. The molecule has 13 heteroatoms. The predicted molar refractivity (Wildman–Crippen MR) is 133 cm³/mol. The first kappa shape index (κ1) is 25.9. The van der Waals surface area contributed by atoms with Crippen LogP contribution in [0.25, 0.3) is 11.1 Å². The number of benzene rings is 1. The Kier molecular flexibility index (Phi) is 9.69. The molecule has 0 atom stereocenters. The number of hydrogen-bond acceptors (Lipinski definition) is 9. The molecule has 2 N–H and O–H groups in total. The first-order valence-electron chi connectivity index (χ1n) is 10.4. The molecule has 0 bridgehead atoms. The number of hydrogen-bond donors (Lipinski definition) is 2. The Morgan fingerprint density at radius 3 is 2.41 bits per heavy atom. The average Bonchev–Trinajstić information content (AvgIpc) is 2.83. The normalized spacial score (nSPS) is 11.3. The Hall–Kier alpha value is -2.67. The molecule has 0 fully saturated rings. The van der Waals surface area contributed by atoms with E-state index in [1.165, 1.54) is 18.1 Å². The zero-order valence-corrected chi connectivity index (χ0v) is 21.1. The summed E-state index contributed by atoms with van der Waals surface area (Å²) < 4.78 is 41.3. The third-order valence-electron chi connectivity index (χ3n) is 4.39. The maximum atomic E-state index is 12.5. The van der Waals surface area contributed by atoms with E-state index in [9.17, 15) is 8.42 Å². The van der Waals surface area contributed by atoms with Gasteiger partial charge in [-0.05, 0) is 30.4 Å². The van der Waals surface area contributed by atoms with Crippen molar-refractivity contribution >= 4 is 39.4 Å². The van der Waals surface area contributed by atoms with Gasteiger partial charge in [0, 0.05) is 28.9 Å². The van der Waals surface area contributed by atoms with Gasteiger partial charge in [0.25, 0.3) is 10.2 Å². The highest BCUT2D eigenvalue weighted by molar-refractivity contribution is 7.98. The summed E-state index contributed by atoms with van der Waals surface area (Å²) in [5.74, 6) is 0.263. The van der Waals surface area contributed by atoms with Crippen LogP contribution in [0.3, 0.4) is 0 Å². The third kappa shape index (κ3) is 7.69. The fourth-order valence-electron chi connectivity index (χ4n) is 2.74. The smallest absolute Gasteiger partial charge is 0.316 e. The van der Waals surface area contributed by atoms with Crippen LogP contribution in [0.1, 0.15) is 19.8 Å². The van der Waals surface area contributed by atoms with Gasteiger partial charge in [0.1, 0.15) is 19.5 Å². The van der Waals surface area contributed by atoms with Crippen molar-refractivity contribution < 1.29 is 17.9 Å². The number of unbranched alkanes of at least 4 members (excludes halogenated alkanes) is 1. The molecule has 0 aliphatic heterocycles. The fourth-order valence-corrected chi connectivity index (χ4v) is 4.07. The van der Waals surface area contributed by atoms with Gasteiger partial charge in [-0.1, -0.05) is 37.1 Å². The highest BCUT2D eigenvalue weighted by Gasteiger charge is 2.20. The molecule has 0 radical (unpaired) electrons. The van der Waals surface area contributed by atoms with Crippen LogP contribution in [0.15, 0.2) is 47.9 Å². The zero-order chi connectivity index (χ0) is 24.4. The number of rotatable bonds is 13. The van der Waals surface area contributed by atoms with Crippen LogP contribution in [0.4, 0.5) is 5.82 Å². The van der Waals surface area contributed by atoms with Crippen molar-refractivity contribution in [3.05, 3.63) is 48.0 Å². The Bertz CT molecular complexity index is 1160. The minimum absolute atomic E-state index is 0.0771. The summed E-state index contributed by atoms with van der Waals surface area (Å²) in [6, 6.07) is 7.06. The summed E-state index contributed by atoms with van der Waals surface area (Å²) in [4.78, 5) is 17.5. The second-order valence-electron chi connectivity index (χ2n) is 6.87. The molecule has 1 aromatic carbocycles. The molecule has 3 rings (SSSR count). The van der Waals surface area contributed by atoms with Crippen LogP contribution in [0, 0.1) is 0 Å². The number of halogens is 1. The van der Waals surface area contributed by atoms with Crippen LogP contribution in [0.5, 0.6) is 11.9 Å². The van der Waals surface area contributed by atoms with E-state index in [2.05, 4.69) is 29.4 Å². The monoisotopic (exact) mass is 524 g/mol. The van der Waals surface area contributed by atoms with Gasteiger partial charge >= 0.3 is 6.01 Å². The molecule has 182 valence electrons. The maximum Gasteiger partial charge on any atom is 0.316 e. The minimum Gasteiger partial charge on any atom is -0.473 e. The topological polar surface area (TPSA) is 128 Å². The van der Waals surface area contributed by atoms with E-state index in [0.29, 0.717) is 29.1 Å². The van der Waals surface area contributed by atoms with Crippen LogP contribution in [-0.2, 0) is 10.2 Å². The lowest BCUT2D eigenvalue weighted by molar-refractivity contribution is 0.201. The molecule has 3 aromatic rings. The molecular weight excluding hydrogens is 500 g/mol. The van der Waals surface area contributed by atoms with Gasteiger partial charge in [-0.25, -0.2) is 19.9 Å². The highest BCUT2D eigenvalue weighted by Crippen LogP contribution is 2.34. The predicted octanol–water partition coefficient (Wildman–Crippen LogP) is 3.81. The van der Waals surface area contributed by atoms with E-state index in [0.717, 1.165) is 11.3 Å². The highest BCUT2D eigenvalue weighted by atomic mass is 35.5. The van der Waals surface area contributed by atoms with Gasteiger partial charge in [-0.15, -0.1) is 11.8 Å². The molecule has 0 aliphatic carbocycles. The van der Waals surface area contributed by atoms with Gasteiger partial charge in [-0.2, -0.15) is 13.1 Å². The first-order valence-corrected chi connectivity index (χ1v) is 13.5. The Balaban J connectivity index is 1.77. The number of aromatic nitrogens is 4. The van der Waals surface area contributed by atoms with Gasteiger partial charge in [0.15, 0.2) is 5.82 Å². The number of ether oxygens (including phenoxy) is 2. The lowest BCUT2D eigenvalue weighted by Crippen LogP contribution is -2.31. The SMILES string of the molecule is CCCCNS(=O)(=O)Nc1ncnc(OCCOc2ncc(SC)cn2)c1-c1ccc(Cl)cc1. The van der Waals surface area contributed by atoms with Crippen molar-refractivity contribution in [1.29, 1.82) is 0 Å². The van der Waals surface area contributed by atoms with Gasteiger partial charge < -0.3 is 9.47 Å². The summed E-state index contributed by atoms with van der Waals surface area (Å²) in [7, 11) is -3.84. The largest absolute Gasteiger partial charge is 0.473 e. The van der Waals surface area contributed by atoms with E-state index in [1.54, 1.807) is 36.7 Å². The molecule has 0 spiro atoms. The second-order valence-corrected chi connectivity index (χ2v) is 9.68. The van der Waals surface area contributed by atoms with Crippen molar-refractivity contribution in [3.8, 4) is 23.0 Å².